The second-order valence-electron chi connectivity index (χ2n) is 7.66. The predicted molar refractivity (Wildman–Crippen MR) is 89.2 cm³/mol. The van der Waals surface area contributed by atoms with E-state index in [0.717, 1.165) is 16.9 Å². The Morgan fingerprint density at radius 2 is 1.82 bits per heavy atom. The lowest BCUT2D eigenvalue weighted by molar-refractivity contribution is -0.116. The molecule has 0 radical (unpaired) electrons. The minimum absolute atomic E-state index is 0.00731. The molecule has 1 aromatic rings. The van der Waals surface area contributed by atoms with Crippen LogP contribution in [0.3, 0.4) is 0 Å². The highest BCUT2D eigenvalue weighted by atomic mass is 16.5. The van der Waals surface area contributed by atoms with E-state index < -0.39 is 11.7 Å². The van der Waals surface area contributed by atoms with Crippen LogP contribution in [0, 0.1) is 6.92 Å². The molecule has 2 aliphatic rings. The van der Waals surface area contributed by atoms with E-state index in [0.29, 0.717) is 12.1 Å². The average Bonchev–Trinajstić information content (AvgIpc) is 2.43. The van der Waals surface area contributed by atoms with Gasteiger partial charge in [-0.15, -0.1) is 0 Å². The van der Waals surface area contributed by atoms with E-state index in [9.17, 15) is 5.11 Å². The maximum atomic E-state index is 11.1. The number of aliphatic hydroxyl groups is 1. The topological polar surface area (TPSA) is 32.7 Å². The van der Waals surface area contributed by atoms with Gasteiger partial charge in [-0.05, 0) is 53.0 Å². The summed E-state index contributed by atoms with van der Waals surface area (Å²) < 4.78 is 6.38. The molecule has 1 saturated heterocycles. The number of ether oxygens (including phenoxy) is 1. The van der Waals surface area contributed by atoms with Crippen molar-refractivity contribution >= 4 is 0 Å². The number of para-hydroxylation sites is 1. The largest absolute Gasteiger partial charge is 0.485 e. The van der Waals surface area contributed by atoms with Crippen molar-refractivity contribution in [1.82, 2.24) is 4.90 Å². The first-order valence-electron chi connectivity index (χ1n) is 8.57. The number of fused-ring (bicyclic) bond motifs is 1. The highest BCUT2D eigenvalue weighted by Gasteiger charge is 2.49. The first-order chi connectivity index (χ1) is 10.3. The fraction of sp³-hybridized carbons (Fsp3) is 0.684. The number of piperidine rings is 1. The first kappa shape index (κ1) is 15.8. The summed E-state index contributed by atoms with van der Waals surface area (Å²) in [5.74, 6) is 0.869. The molecular weight excluding hydrogens is 274 g/mol. The maximum absolute atomic E-state index is 11.1. The SMILES string of the molecule is Cc1cccc2c1OC(C)(C)C(N1C(C)CCCC1C)C2O. The quantitative estimate of drug-likeness (QED) is 0.856. The molecule has 1 fully saturated rings. The van der Waals surface area contributed by atoms with E-state index in [1.165, 1.54) is 19.3 Å². The Hall–Kier alpha value is -1.06. The van der Waals surface area contributed by atoms with E-state index >= 15 is 0 Å². The molecule has 0 spiro atoms. The van der Waals surface area contributed by atoms with E-state index in [1.54, 1.807) is 0 Å². The number of aryl methyl sites for hydroxylation is 1. The van der Waals surface area contributed by atoms with Gasteiger partial charge < -0.3 is 9.84 Å². The number of rotatable bonds is 1. The smallest absolute Gasteiger partial charge is 0.128 e. The zero-order valence-corrected chi connectivity index (χ0v) is 14.5. The minimum atomic E-state index is -0.498. The molecule has 1 N–H and O–H groups in total. The predicted octanol–water partition coefficient (Wildman–Crippen LogP) is 3.83. The molecule has 0 saturated carbocycles. The molecule has 2 aliphatic heterocycles. The molecule has 0 bridgehead atoms. The third kappa shape index (κ3) is 2.44. The Kier molecular flexibility index (Phi) is 3.98. The standard InChI is InChI=1S/C19H29NO2/c1-12-8-6-11-15-16(21)18(19(4,5)22-17(12)15)20-13(2)9-7-10-14(20)3/h6,8,11,13-14,16,18,21H,7,9-10H2,1-5H3. The fourth-order valence-corrected chi connectivity index (χ4v) is 4.43. The monoisotopic (exact) mass is 303 g/mol. The second kappa shape index (κ2) is 5.54. The van der Waals surface area contributed by atoms with Crippen LogP contribution in [-0.4, -0.2) is 33.7 Å². The molecule has 22 heavy (non-hydrogen) atoms. The van der Waals surface area contributed by atoms with Gasteiger partial charge in [-0.2, -0.15) is 0 Å². The van der Waals surface area contributed by atoms with E-state index in [2.05, 4.69) is 32.6 Å². The van der Waals surface area contributed by atoms with E-state index in [-0.39, 0.29) is 6.04 Å². The lowest BCUT2D eigenvalue weighted by Gasteiger charge is -2.53. The number of aliphatic hydroxyl groups excluding tert-OH is 1. The summed E-state index contributed by atoms with van der Waals surface area (Å²) >= 11 is 0. The van der Waals surface area contributed by atoms with Crippen molar-refractivity contribution in [2.45, 2.75) is 83.7 Å². The van der Waals surface area contributed by atoms with Crippen LogP contribution in [0.5, 0.6) is 5.75 Å². The van der Waals surface area contributed by atoms with Crippen LogP contribution in [0.15, 0.2) is 18.2 Å². The number of nitrogens with zero attached hydrogens (tertiary/aromatic N) is 1. The van der Waals surface area contributed by atoms with E-state index in [4.69, 9.17) is 4.74 Å². The van der Waals surface area contributed by atoms with E-state index in [1.807, 2.05) is 25.1 Å². The molecule has 3 rings (SSSR count). The molecule has 3 heteroatoms. The molecule has 0 aromatic heterocycles. The van der Waals surface area contributed by atoms with Crippen molar-refractivity contribution in [3.05, 3.63) is 29.3 Å². The van der Waals surface area contributed by atoms with Gasteiger partial charge in [0.1, 0.15) is 17.5 Å². The Morgan fingerprint density at radius 3 is 2.45 bits per heavy atom. The van der Waals surface area contributed by atoms with Gasteiger partial charge in [0.05, 0.1) is 6.04 Å². The van der Waals surface area contributed by atoms with Crippen molar-refractivity contribution in [3.8, 4) is 5.75 Å². The van der Waals surface area contributed by atoms with Crippen LogP contribution in [0.25, 0.3) is 0 Å². The summed E-state index contributed by atoms with van der Waals surface area (Å²) in [4.78, 5) is 2.50. The number of hydrogen-bond acceptors (Lipinski definition) is 3. The number of hydrogen-bond donors (Lipinski definition) is 1. The summed E-state index contributed by atoms with van der Waals surface area (Å²) in [7, 11) is 0. The lowest BCUT2D eigenvalue weighted by atomic mass is 9.81. The summed E-state index contributed by atoms with van der Waals surface area (Å²) in [6.45, 7) is 10.8. The van der Waals surface area contributed by atoms with Gasteiger partial charge >= 0.3 is 0 Å². The van der Waals surface area contributed by atoms with Crippen molar-refractivity contribution in [2.24, 2.45) is 0 Å². The van der Waals surface area contributed by atoms with Crippen LogP contribution < -0.4 is 4.74 Å². The van der Waals surface area contributed by atoms with Crippen LogP contribution in [0.4, 0.5) is 0 Å². The van der Waals surface area contributed by atoms with Crippen molar-refractivity contribution < 1.29 is 9.84 Å². The Morgan fingerprint density at radius 1 is 1.18 bits per heavy atom. The number of benzene rings is 1. The van der Waals surface area contributed by atoms with Crippen molar-refractivity contribution in [2.75, 3.05) is 0 Å². The first-order valence-corrected chi connectivity index (χ1v) is 8.57. The van der Waals surface area contributed by atoms with Crippen molar-refractivity contribution in [3.63, 3.8) is 0 Å². The lowest BCUT2D eigenvalue weighted by Crippen LogP contribution is -2.63. The molecule has 122 valence electrons. The van der Waals surface area contributed by atoms with Gasteiger partial charge in [0.25, 0.3) is 0 Å². The minimum Gasteiger partial charge on any atom is -0.485 e. The second-order valence-corrected chi connectivity index (χ2v) is 7.66. The van der Waals surface area contributed by atoms with Crippen LogP contribution in [-0.2, 0) is 0 Å². The van der Waals surface area contributed by atoms with Crippen LogP contribution >= 0.6 is 0 Å². The highest BCUT2D eigenvalue weighted by Crippen LogP contribution is 2.45. The van der Waals surface area contributed by atoms with Crippen LogP contribution in [0.1, 0.15) is 64.2 Å². The Balaban J connectivity index is 2.04. The Labute approximate surface area is 134 Å². The maximum Gasteiger partial charge on any atom is 0.128 e. The van der Waals surface area contributed by atoms with Crippen molar-refractivity contribution in [1.29, 1.82) is 0 Å². The van der Waals surface area contributed by atoms with Gasteiger partial charge in [0.2, 0.25) is 0 Å². The summed E-state index contributed by atoms with van der Waals surface area (Å²) in [6.07, 6.45) is 3.18. The van der Waals surface area contributed by atoms with Gasteiger partial charge in [0.15, 0.2) is 0 Å². The van der Waals surface area contributed by atoms with Gasteiger partial charge in [0, 0.05) is 17.6 Å². The molecule has 0 amide bonds. The summed E-state index contributed by atoms with van der Waals surface area (Å²) in [5.41, 5.74) is 1.63. The third-order valence-corrected chi connectivity index (χ3v) is 5.52. The summed E-state index contributed by atoms with van der Waals surface area (Å²) in [6, 6.07) is 7.03. The molecule has 0 aliphatic carbocycles. The molecule has 4 atom stereocenters. The zero-order valence-electron chi connectivity index (χ0n) is 14.5. The number of likely N-dealkylation sites (tertiary alicyclic amines) is 1. The molecule has 1 aromatic carbocycles. The molecule has 4 unspecified atom stereocenters. The molecule has 2 heterocycles. The Bertz CT molecular complexity index is 544. The zero-order chi connectivity index (χ0) is 16.1. The van der Waals surface area contributed by atoms with Gasteiger partial charge in [-0.3, -0.25) is 4.90 Å². The van der Waals surface area contributed by atoms with Crippen LogP contribution in [0.2, 0.25) is 0 Å². The molecular formula is C19H29NO2. The molecule has 3 nitrogen and oxygen atoms in total. The summed E-state index contributed by atoms with van der Waals surface area (Å²) in [5, 5.41) is 11.1. The fourth-order valence-electron chi connectivity index (χ4n) is 4.43. The third-order valence-electron chi connectivity index (χ3n) is 5.52. The average molecular weight is 303 g/mol. The van der Waals surface area contributed by atoms with Gasteiger partial charge in [-0.1, -0.05) is 24.6 Å². The van der Waals surface area contributed by atoms with Gasteiger partial charge in [-0.25, -0.2) is 0 Å². The highest BCUT2D eigenvalue weighted by molar-refractivity contribution is 5.45. The normalized spacial score (nSPS) is 34.8.